The fourth-order valence-corrected chi connectivity index (χ4v) is 3.89. The molecule has 29 heavy (non-hydrogen) atoms. The molecule has 3 heterocycles. The number of H-pyrrole nitrogens is 1. The smallest absolute Gasteiger partial charge is 0.182 e. The molecule has 0 bridgehead atoms. The first-order chi connectivity index (χ1) is 14.0. The van der Waals surface area contributed by atoms with Crippen molar-refractivity contribution in [1.29, 1.82) is 0 Å². The summed E-state index contributed by atoms with van der Waals surface area (Å²) in [6, 6.07) is 6.34. The van der Waals surface area contributed by atoms with E-state index < -0.39 is 0 Å². The topological polar surface area (TPSA) is 60.9 Å². The molecule has 4 rings (SSSR count). The molecule has 146 valence electrons. The Hall–Kier alpha value is -3.67. The predicted octanol–water partition coefficient (Wildman–Crippen LogP) is 4.51. The highest BCUT2D eigenvalue weighted by Crippen LogP contribution is 2.37. The molecule has 0 spiro atoms. The molecule has 6 nitrogen and oxygen atoms in total. The summed E-state index contributed by atoms with van der Waals surface area (Å²) in [5, 5.41) is 0. The summed E-state index contributed by atoms with van der Waals surface area (Å²) < 4.78 is 0. The average Bonchev–Trinajstić information content (AvgIpc) is 3.16. The van der Waals surface area contributed by atoms with E-state index in [-0.39, 0.29) is 0 Å². The Morgan fingerprint density at radius 1 is 1.28 bits per heavy atom. The van der Waals surface area contributed by atoms with Gasteiger partial charge in [-0.05, 0) is 37.1 Å². The van der Waals surface area contributed by atoms with Gasteiger partial charge >= 0.3 is 0 Å². The van der Waals surface area contributed by atoms with E-state index in [0.717, 1.165) is 28.4 Å². The number of imidazole rings is 1. The first kappa shape index (κ1) is 18.7. The van der Waals surface area contributed by atoms with Crippen LogP contribution in [0.4, 0.5) is 5.82 Å². The van der Waals surface area contributed by atoms with Crippen molar-refractivity contribution in [1.82, 2.24) is 24.8 Å². The van der Waals surface area contributed by atoms with Crippen LogP contribution in [0.15, 0.2) is 67.6 Å². The van der Waals surface area contributed by atoms with E-state index in [4.69, 9.17) is 0 Å². The summed E-state index contributed by atoms with van der Waals surface area (Å²) >= 11 is 0. The zero-order valence-electron chi connectivity index (χ0n) is 17.0. The normalized spacial score (nSPS) is 14.0. The summed E-state index contributed by atoms with van der Waals surface area (Å²) in [6.45, 7) is 13.1. The number of aryl methyl sites for hydroxylation is 1. The minimum absolute atomic E-state index is 0.639. The Morgan fingerprint density at radius 3 is 2.90 bits per heavy atom. The van der Waals surface area contributed by atoms with Crippen molar-refractivity contribution in [2.75, 3.05) is 18.5 Å². The molecular formula is C23H24N6. The molecular weight excluding hydrogens is 360 g/mol. The van der Waals surface area contributed by atoms with E-state index >= 15 is 0 Å². The molecule has 0 saturated heterocycles. The van der Waals surface area contributed by atoms with Gasteiger partial charge in [-0.1, -0.05) is 37.4 Å². The van der Waals surface area contributed by atoms with Crippen LogP contribution in [0.3, 0.4) is 0 Å². The number of aromatic amines is 1. The Bertz CT molecular complexity index is 1170. The monoisotopic (exact) mass is 384 g/mol. The van der Waals surface area contributed by atoms with Gasteiger partial charge in [0.25, 0.3) is 0 Å². The van der Waals surface area contributed by atoms with E-state index in [1.807, 2.05) is 13.1 Å². The Balaban J connectivity index is 1.78. The number of aromatic nitrogens is 4. The molecule has 0 amide bonds. The zero-order valence-corrected chi connectivity index (χ0v) is 17.0. The van der Waals surface area contributed by atoms with Crippen molar-refractivity contribution in [2.24, 2.45) is 0 Å². The minimum Gasteiger partial charge on any atom is -0.352 e. The fourth-order valence-electron chi connectivity index (χ4n) is 3.89. The second kappa shape index (κ2) is 7.39. The Kier molecular flexibility index (Phi) is 4.76. The maximum atomic E-state index is 4.47. The van der Waals surface area contributed by atoms with Crippen LogP contribution >= 0.6 is 0 Å². The zero-order chi connectivity index (χ0) is 20.5. The SMILES string of the molecule is C=CC=C(C)N1C(=C)c2c(C)cccc2C=C1CN(C)c1ncnc2nc[nH]c12. The van der Waals surface area contributed by atoms with Gasteiger partial charge in [0.1, 0.15) is 11.8 Å². The summed E-state index contributed by atoms with van der Waals surface area (Å²) in [5.74, 6) is 0.805. The number of nitrogens with zero attached hydrogens (tertiary/aromatic N) is 5. The number of nitrogens with one attached hydrogen (secondary N) is 1. The van der Waals surface area contributed by atoms with Crippen molar-refractivity contribution in [3.05, 3.63) is 84.2 Å². The standard InChI is InChI=1S/C23H24N6/c1-6-8-16(3)29-17(4)20-15(2)9-7-10-18(20)11-19(29)12-28(5)23-21-22(25-13-24-21)26-14-27-23/h6-11,13-14H,1,4,12H2,2-3,5H3,(H,24,25,26,27). The van der Waals surface area contributed by atoms with Gasteiger partial charge in [0.05, 0.1) is 12.9 Å². The van der Waals surface area contributed by atoms with Gasteiger partial charge in [-0.3, -0.25) is 0 Å². The lowest BCUT2D eigenvalue weighted by Crippen LogP contribution is -2.32. The number of hydrogen-bond donors (Lipinski definition) is 1. The van der Waals surface area contributed by atoms with Gasteiger partial charge in [0.15, 0.2) is 11.5 Å². The maximum Gasteiger partial charge on any atom is 0.182 e. The number of hydrogen-bond acceptors (Lipinski definition) is 5. The molecule has 3 aromatic rings. The largest absolute Gasteiger partial charge is 0.352 e. The second-order valence-corrected chi connectivity index (χ2v) is 7.16. The molecule has 1 aliphatic rings. The molecule has 6 heteroatoms. The molecule has 0 atom stereocenters. The number of likely N-dealkylation sites (N-methyl/N-ethyl adjacent to an activating group) is 1. The van der Waals surface area contributed by atoms with Gasteiger partial charge in [-0.25, -0.2) is 15.0 Å². The second-order valence-electron chi connectivity index (χ2n) is 7.16. The number of anilines is 1. The van der Waals surface area contributed by atoms with Crippen molar-refractivity contribution < 1.29 is 0 Å². The van der Waals surface area contributed by atoms with E-state index in [2.05, 4.69) is 81.0 Å². The van der Waals surface area contributed by atoms with Gasteiger partial charge in [-0.15, -0.1) is 0 Å². The third kappa shape index (κ3) is 3.23. The first-order valence-corrected chi connectivity index (χ1v) is 9.45. The van der Waals surface area contributed by atoms with Gasteiger partial charge in [0, 0.05) is 29.7 Å². The summed E-state index contributed by atoms with van der Waals surface area (Å²) in [5.41, 5.74) is 8.18. The van der Waals surface area contributed by atoms with Gasteiger partial charge < -0.3 is 14.8 Å². The van der Waals surface area contributed by atoms with Crippen LogP contribution in [0.2, 0.25) is 0 Å². The third-order valence-electron chi connectivity index (χ3n) is 5.15. The van der Waals surface area contributed by atoms with E-state index in [0.29, 0.717) is 12.2 Å². The molecule has 0 radical (unpaired) electrons. The molecule has 1 N–H and O–H groups in total. The number of fused-ring (bicyclic) bond motifs is 2. The van der Waals surface area contributed by atoms with Gasteiger partial charge in [0.2, 0.25) is 0 Å². The molecule has 0 aliphatic carbocycles. The average molecular weight is 384 g/mol. The minimum atomic E-state index is 0.639. The quantitative estimate of drug-likeness (QED) is 0.656. The van der Waals surface area contributed by atoms with E-state index in [9.17, 15) is 0 Å². The van der Waals surface area contributed by atoms with Crippen LogP contribution in [-0.2, 0) is 0 Å². The van der Waals surface area contributed by atoms with E-state index in [1.165, 1.54) is 16.7 Å². The van der Waals surface area contributed by atoms with Crippen LogP contribution < -0.4 is 4.90 Å². The fraction of sp³-hybridized carbons (Fsp3) is 0.174. The van der Waals surface area contributed by atoms with Crippen LogP contribution in [0.25, 0.3) is 22.9 Å². The van der Waals surface area contributed by atoms with Crippen molar-refractivity contribution in [2.45, 2.75) is 13.8 Å². The van der Waals surface area contributed by atoms with Crippen LogP contribution in [0.5, 0.6) is 0 Å². The van der Waals surface area contributed by atoms with E-state index in [1.54, 1.807) is 18.7 Å². The van der Waals surface area contributed by atoms with Crippen LogP contribution in [0, 0.1) is 6.92 Å². The highest BCUT2D eigenvalue weighted by atomic mass is 15.2. The lowest BCUT2D eigenvalue weighted by molar-refractivity contribution is 0.583. The molecule has 1 aliphatic heterocycles. The third-order valence-corrected chi connectivity index (χ3v) is 5.15. The molecule has 1 aromatic carbocycles. The lowest BCUT2D eigenvalue weighted by atomic mass is 9.93. The van der Waals surface area contributed by atoms with Crippen LogP contribution in [0.1, 0.15) is 23.6 Å². The first-order valence-electron chi connectivity index (χ1n) is 9.45. The summed E-state index contributed by atoms with van der Waals surface area (Å²) in [6.07, 6.45) is 9.21. The number of rotatable bonds is 5. The molecule has 2 aromatic heterocycles. The Morgan fingerprint density at radius 2 is 2.10 bits per heavy atom. The van der Waals surface area contributed by atoms with Crippen LogP contribution in [-0.4, -0.2) is 38.4 Å². The van der Waals surface area contributed by atoms with Crippen molar-refractivity contribution in [3.8, 4) is 0 Å². The van der Waals surface area contributed by atoms with Gasteiger partial charge in [-0.2, -0.15) is 0 Å². The molecule has 0 unspecified atom stereocenters. The highest BCUT2D eigenvalue weighted by Gasteiger charge is 2.25. The molecule has 0 fully saturated rings. The molecule has 0 saturated carbocycles. The maximum absolute atomic E-state index is 4.47. The Labute approximate surface area is 170 Å². The summed E-state index contributed by atoms with van der Waals surface area (Å²) in [7, 11) is 2.02. The predicted molar refractivity (Wildman–Crippen MR) is 119 cm³/mol. The number of allylic oxidation sites excluding steroid dienone is 3. The van der Waals surface area contributed by atoms with Crippen molar-refractivity contribution >= 4 is 28.8 Å². The number of benzene rings is 1. The highest BCUT2D eigenvalue weighted by molar-refractivity contribution is 5.84. The van der Waals surface area contributed by atoms with Crippen molar-refractivity contribution in [3.63, 3.8) is 0 Å². The summed E-state index contributed by atoms with van der Waals surface area (Å²) in [4.78, 5) is 20.3. The lowest BCUT2D eigenvalue weighted by Gasteiger charge is -2.37.